The largest absolute Gasteiger partial charge is 0.381 e. The molecule has 0 spiro atoms. The Morgan fingerprint density at radius 1 is 1.12 bits per heavy atom. The summed E-state index contributed by atoms with van der Waals surface area (Å²) in [6, 6.07) is 6.92. The number of ether oxygens (including phenoxy) is 1. The summed E-state index contributed by atoms with van der Waals surface area (Å²) in [5.74, 6) is -0.363. The Hall–Kier alpha value is -2.36. The van der Waals surface area contributed by atoms with Crippen LogP contribution in [0.25, 0.3) is 0 Å². The van der Waals surface area contributed by atoms with E-state index in [0.717, 1.165) is 54.7 Å². The Balaban J connectivity index is 1.29. The maximum atomic E-state index is 12.9. The third-order valence-corrected chi connectivity index (χ3v) is 7.84. The number of imide groups is 1. The lowest BCUT2D eigenvalue weighted by Crippen LogP contribution is -2.40. The molecule has 0 saturated carbocycles. The van der Waals surface area contributed by atoms with Crippen LogP contribution in [0.1, 0.15) is 42.5 Å². The molecule has 0 radical (unpaired) electrons. The van der Waals surface area contributed by atoms with Crippen molar-refractivity contribution in [1.29, 1.82) is 0 Å². The van der Waals surface area contributed by atoms with E-state index in [1.165, 1.54) is 0 Å². The minimum atomic E-state index is -0.429. The summed E-state index contributed by atoms with van der Waals surface area (Å²) in [5, 5.41) is 2.80. The molecule has 3 aliphatic rings. The Morgan fingerprint density at radius 3 is 2.53 bits per heavy atom. The maximum absolute atomic E-state index is 12.9. The van der Waals surface area contributed by atoms with Gasteiger partial charge in [-0.2, -0.15) is 0 Å². The molecule has 4 amide bonds. The van der Waals surface area contributed by atoms with Crippen LogP contribution >= 0.6 is 23.4 Å². The summed E-state index contributed by atoms with van der Waals surface area (Å²) in [6.45, 7) is 2.66. The highest BCUT2D eigenvalue weighted by Crippen LogP contribution is 2.36. The fourth-order valence-electron chi connectivity index (χ4n) is 4.41. The number of benzene rings is 1. The normalized spacial score (nSPS) is 19.7. The molecule has 34 heavy (non-hydrogen) atoms. The average Bonchev–Trinajstić information content (AvgIpc) is 3.13. The number of piperidine rings is 1. The molecule has 1 N–H and O–H groups in total. The van der Waals surface area contributed by atoms with Crippen LogP contribution in [-0.4, -0.2) is 72.2 Å². The predicted molar refractivity (Wildman–Crippen MR) is 129 cm³/mol. The fraction of sp³-hybridized carbons (Fsp3) is 0.500. The SMILES string of the molecule is O=C(CN1C(=O)SC(=C2CCN(C(=O)c3ccccc3Cl)CC2)C1=O)NCCC1CCOCC1. The average molecular weight is 506 g/mol. The zero-order valence-corrected chi connectivity index (χ0v) is 20.5. The van der Waals surface area contributed by atoms with Crippen molar-refractivity contribution < 1.29 is 23.9 Å². The Labute approximate surface area is 208 Å². The van der Waals surface area contributed by atoms with E-state index in [1.54, 1.807) is 29.2 Å². The van der Waals surface area contributed by atoms with Crippen LogP contribution < -0.4 is 5.32 Å². The van der Waals surface area contributed by atoms with Crippen molar-refractivity contribution in [2.45, 2.75) is 32.1 Å². The van der Waals surface area contributed by atoms with Crippen molar-refractivity contribution in [2.24, 2.45) is 5.92 Å². The van der Waals surface area contributed by atoms with Gasteiger partial charge in [-0.05, 0) is 67.5 Å². The molecule has 8 nitrogen and oxygen atoms in total. The molecule has 1 aromatic carbocycles. The molecular weight excluding hydrogens is 478 g/mol. The topological polar surface area (TPSA) is 96.0 Å². The number of likely N-dealkylation sites (tertiary alicyclic amines) is 1. The molecule has 10 heteroatoms. The van der Waals surface area contributed by atoms with Crippen LogP contribution in [0.3, 0.4) is 0 Å². The van der Waals surface area contributed by atoms with E-state index in [2.05, 4.69) is 5.32 Å². The van der Waals surface area contributed by atoms with Crippen molar-refractivity contribution in [3.63, 3.8) is 0 Å². The van der Waals surface area contributed by atoms with Crippen molar-refractivity contribution >= 4 is 46.3 Å². The summed E-state index contributed by atoms with van der Waals surface area (Å²) < 4.78 is 5.34. The van der Waals surface area contributed by atoms with E-state index in [-0.39, 0.29) is 18.4 Å². The van der Waals surface area contributed by atoms with Gasteiger partial charge in [0.05, 0.1) is 15.5 Å². The fourth-order valence-corrected chi connectivity index (χ4v) is 5.61. The number of nitrogens with one attached hydrogen (secondary N) is 1. The summed E-state index contributed by atoms with van der Waals surface area (Å²) >= 11 is 7.03. The number of hydrogen-bond donors (Lipinski definition) is 1. The van der Waals surface area contributed by atoms with Gasteiger partial charge < -0.3 is 15.0 Å². The van der Waals surface area contributed by atoms with Gasteiger partial charge in [-0.3, -0.25) is 24.1 Å². The van der Waals surface area contributed by atoms with Crippen LogP contribution in [0.2, 0.25) is 5.02 Å². The van der Waals surface area contributed by atoms with Gasteiger partial charge >= 0.3 is 0 Å². The first kappa shape index (κ1) is 24.8. The molecule has 182 valence electrons. The van der Waals surface area contributed by atoms with E-state index in [1.807, 2.05) is 0 Å². The highest BCUT2D eigenvalue weighted by Gasteiger charge is 2.39. The molecule has 0 atom stereocenters. The number of hydrogen-bond acceptors (Lipinski definition) is 6. The van der Waals surface area contributed by atoms with Crippen molar-refractivity contribution in [2.75, 3.05) is 39.4 Å². The minimum Gasteiger partial charge on any atom is -0.381 e. The minimum absolute atomic E-state index is 0.143. The van der Waals surface area contributed by atoms with Crippen LogP contribution in [0.4, 0.5) is 4.79 Å². The van der Waals surface area contributed by atoms with Gasteiger partial charge in [0, 0.05) is 32.8 Å². The zero-order chi connectivity index (χ0) is 24.1. The summed E-state index contributed by atoms with van der Waals surface area (Å²) in [7, 11) is 0. The van der Waals surface area contributed by atoms with E-state index < -0.39 is 11.1 Å². The lowest BCUT2D eigenvalue weighted by atomic mass is 9.97. The van der Waals surface area contributed by atoms with Gasteiger partial charge in [0.1, 0.15) is 6.54 Å². The molecular formula is C24H28ClN3O5S. The van der Waals surface area contributed by atoms with E-state index >= 15 is 0 Å². The number of carbonyl (C=O) groups is 4. The molecule has 0 aromatic heterocycles. The Kier molecular flexibility index (Phi) is 8.28. The number of rotatable bonds is 6. The monoisotopic (exact) mass is 505 g/mol. The Morgan fingerprint density at radius 2 is 1.82 bits per heavy atom. The van der Waals surface area contributed by atoms with Crippen molar-refractivity contribution in [3.8, 4) is 0 Å². The standard InChI is InChI=1S/C24H28ClN3O5S/c25-19-4-2-1-3-18(19)22(30)27-11-6-17(7-12-27)21-23(31)28(24(32)34-21)15-20(29)26-10-5-16-8-13-33-14-9-16/h1-4,16H,5-15H2,(H,26,29). The van der Waals surface area contributed by atoms with Crippen molar-refractivity contribution in [3.05, 3.63) is 45.3 Å². The van der Waals surface area contributed by atoms with Gasteiger partial charge in [0.25, 0.3) is 17.1 Å². The molecule has 3 heterocycles. The first-order valence-electron chi connectivity index (χ1n) is 11.6. The number of nitrogens with zero attached hydrogens (tertiary/aromatic N) is 2. The number of halogens is 1. The lowest BCUT2D eigenvalue weighted by Gasteiger charge is -2.29. The molecule has 3 aliphatic heterocycles. The van der Waals surface area contributed by atoms with Gasteiger partial charge in [-0.1, -0.05) is 23.7 Å². The number of carbonyl (C=O) groups excluding carboxylic acids is 4. The second kappa shape index (κ2) is 11.4. The van der Waals surface area contributed by atoms with Gasteiger partial charge in [-0.25, -0.2) is 0 Å². The van der Waals surface area contributed by atoms with E-state index in [0.29, 0.717) is 53.9 Å². The molecule has 3 fully saturated rings. The van der Waals surface area contributed by atoms with Crippen LogP contribution in [-0.2, 0) is 14.3 Å². The van der Waals surface area contributed by atoms with Gasteiger partial charge in [-0.15, -0.1) is 0 Å². The maximum Gasteiger partial charge on any atom is 0.294 e. The van der Waals surface area contributed by atoms with E-state index in [4.69, 9.17) is 16.3 Å². The molecule has 0 aliphatic carbocycles. The quantitative estimate of drug-likeness (QED) is 0.595. The second-order valence-electron chi connectivity index (χ2n) is 8.66. The molecule has 0 bridgehead atoms. The third kappa shape index (κ3) is 5.82. The molecule has 4 rings (SSSR count). The number of thioether (sulfide) groups is 1. The van der Waals surface area contributed by atoms with Crippen molar-refractivity contribution in [1.82, 2.24) is 15.1 Å². The third-order valence-electron chi connectivity index (χ3n) is 6.45. The molecule has 0 unspecified atom stereocenters. The first-order valence-corrected chi connectivity index (χ1v) is 12.8. The van der Waals surface area contributed by atoms with Gasteiger partial charge in [0.2, 0.25) is 5.91 Å². The summed E-state index contributed by atoms with van der Waals surface area (Å²) in [6.07, 6.45) is 3.86. The highest BCUT2D eigenvalue weighted by atomic mass is 35.5. The van der Waals surface area contributed by atoms with Crippen LogP contribution in [0.15, 0.2) is 34.7 Å². The Bertz CT molecular complexity index is 998. The second-order valence-corrected chi connectivity index (χ2v) is 10.0. The molecule has 1 aromatic rings. The smallest absolute Gasteiger partial charge is 0.294 e. The van der Waals surface area contributed by atoms with E-state index in [9.17, 15) is 19.2 Å². The number of amides is 4. The summed E-state index contributed by atoms with van der Waals surface area (Å²) in [4.78, 5) is 53.6. The summed E-state index contributed by atoms with van der Waals surface area (Å²) in [5.41, 5.74) is 1.31. The van der Waals surface area contributed by atoms with Gasteiger partial charge in [0.15, 0.2) is 0 Å². The first-order chi connectivity index (χ1) is 16.4. The highest BCUT2D eigenvalue weighted by molar-refractivity contribution is 8.18. The zero-order valence-electron chi connectivity index (χ0n) is 18.9. The lowest BCUT2D eigenvalue weighted by molar-refractivity contribution is -0.129. The molecule has 3 saturated heterocycles. The predicted octanol–water partition coefficient (Wildman–Crippen LogP) is 3.46. The van der Waals surface area contributed by atoms with Crippen LogP contribution in [0, 0.1) is 5.92 Å². The van der Waals surface area contributed by atoms with Crippen LogP contribution in [0.5, 0.6) is 0 Å².